The normalized spacial score (nSPS) is 11.8. The third kappa shape index (κ3) is 4.20. The first-order chi connectivity index (χ1) is 9.65. The largest absolute Gasteiger partial charge is 0.350 e. The monoisotopic (exact) mass is 292 g/mol. The molecule has 7 heteroatoms. The molecule has 0 bridgehead atoms. The van der Waals surface area contributed by atoms with Crippen molar-refractivity contribution in [3.05, 3.63) is 40.3 Å². The first kappa shape index (κ1) is 14.3. The van der Waals surface area contributed by atoms with Crippen molar-refractivity contribution >= 4 is 23.2 Å². The van der Waals surface area contributed by atoms with Gasteiger partial charge in [0.1, 0.15) is 0 Å². The van der Waals surface area contributed by atoms with Gasteiger partial charge in [0.2, 0.25) is 11.8 Å². The highest BCUT2D eigenvalue weighted by Crippen LogP contribution is 2.21. The molecular formula is C13H16N4O2S. The Morgan fingerprint density at radius 1 is 1.45 bits per heavy atom. The predicted octanol–water partition coefficient (Wildman–Crippen LogP) is 1.35. The van der Waals surface area contributed by atoms with E-state index in [0.717, 1.165) is 10.6 Å². The molecule has 2 amide bonds. The van der Waals surface area contributed by atoms with Crippen LogP contribution in [0.2, 0.25) is 0 Å². The number of carbonyl (C=O) groups is 2. The number of hydrogen-bond donors (Lipinski definition) is 3. The van der Waals surface area contributed by atoms with E-state index in [4.69, 9.17) is 0 Å². The molecule has 0 aromatic carbocycles. The van der Waals surface area contributed by atoms with E-state index in [9.17, 15) is 9.59 Å². The molecule has 6 nitrogen and oxygen atoms in total. The molecule has 0 aliphatic carbocycles. The summed E-state index contributed by atoms with van der Waals surface area (Å²) < 4.78 is 0. The lowest BCUT2D eigenvalue weighted by Crippen LogP contribution is -2.32. The van der Waals surface area contributed by atoms with Crippen molar-refractivity contribution in [2.24, 2.45) is 0 Å². The smallest absolute Gasteiger partial charge is 0.222 e. The van der Waals surface area contributed by atoms with Gasteiger partial charge >= 0.3 is 0 Å². The van der Waals surface area contributed by atoms with Crippen molar-refractivity contribution < 1.29 is 9.59 Å². The zero-order valence-electron chi connectivity index (χ0n) is 11.1. The summed E-state index contributed by atoms with van der Waals surface area (Å²) in [5, 5.41) is 14.1. The second-order valence-electron chi connectivity index (χ2n) is 4.33. The highest BCUT2D eigenvalue weighted by molar-refractivity contribution is 7.10. The zero-order valence-corrected chi connectivity index (χ0v) is 11.9. The number of H-pyrrole nitrogens is 1. The van der Waals surface area contributed by atoms with Crippen molar-refractivity contribution in [3.63, 3.8) is 0 Å². The number of aromatic nitrogens is 2. The maximum Gasteiger partial charge on any atom is 0.222 e. The minimum absolute atomic E-state index is 0.119. The Hall–Kier alpha value is -2.15. The van der Waals surface area contributed by atoms with E-state index in [1.54, 1.807) is 12.3 Å². The van der Waals surface area contributed by atoms with Gasteiger partial charge in [0.05, 0.1) is 24.7 Å². The summed E-state index contributed by atoms with van der Waals surface area (Å²) in [5.74, 6) is -0.267. The third-order valence-electron chi connectivity index (χ3n) is 2.69. The topological polar surface area (TPSA) is 86.9 Å². The van der Waals surface area contributed by atoms with Crippen LogP contribution in [0.4, 0.5) is 0 Å². The van der Waals surface area contributed by atoms with E-state index < -0.39 is 0 Å². The number of rotatable bonds is 6. The number of hydrogen-bond acceptors (Lipinski definition) is 4. The van der Waals surface area contributed by atoms with Crippen LogP contribution in [0.3, 0.4) is 0 Å². The number of carbonyl (C=O) groups excluding carboxylic acids is 2. The zero-order chi connectivity index (χ0) is 14.4. The van der Waals surface area contributed by atoms with E-state index in [0.29, 0.717) is 6.54 Å². The summed E-state index contributed by atoms with van der Waals surface area (Å²) >= 11 is 1.52. The molecule has 0 spiro atoms. The van der Waals surface area contributed by atoms with Crippen LogP contribution in [0, 0.1) is 0 Å². The second kappa shape index (κ2) is 6.85. The van der Waals surface area contributed by atoms with Crippen molar-refractivity contribution in [1.82, 2.24) is 20.8 Å². The molecule has 0 aliphatic heterocycles. The summed E-state index contributed by atoms with van der Waals surface area (Å²) in [6.45, 7) is 1.85. The third-order valence-corrected chi connectivity index (χ3v) is 3.67. The maximum absolute atomic E-state index is 11.9. The summed E-state index contributed by atoms with van der Waals surface area (Å²) in [7, 11) is 0. The van der Waals surface area contributed by atoms with Gasteiger partial charge in [0, 0.05) is 18.0 Å². The number of aromatic amines is 1. The van der Waals surface area contributed by atoms with Crippen molar-refractivity contribution in [3.8, 4) is 0 Å². The second-order valence-corrected chi connectivity index (χ2v) is 5.31. The van der Waals surface area contributed by atoms with Crippen molar-refractivity contribution in [2.75, 3.05) is 0 Å². The Labute approximate surface area is 120 Å². The van der Waals surface area contributed by atoms with Crippen LogP contribution in [-0.2, 0) is 16.1 Å². The molecule has 2 aromatic rings. The maximum atomic E-state index is 11.9. The molecule has 0 saturated carbocycles. The minimum atomic E-state index is -0.283. The van der Waals surface area contributed by atoms with Crippen LogP contribution in [0.25, 0.3) is 0 Å². The van der Waals surface area contributed by atoms with Gasteiger partial charge in [0.15, 0.2) is 0 Å². The van der Waals surface area contributed by atoms with Gasteiger partial charge in [-0.25, -0.2) is 0 Å². The molecule has 3 N–H and O–H groups in total. The van der Waals surface area contributed by atoms with Crippen LogP contribution >= 0.6 is 11.3 Å². The Balaban J connectivity index is 1.90. The minimum Gasteiger partial charge on any atom is -0.350 e. The van der Waals surface area contributed by atoms with Crippen LogP contribution in [0.1, 0.15) is 30.0 Å². The Bertz CT molecular complexity index is 551. The first-order valence-electron chi connectivity index (χ1n) is 6.20. The molecule has 0 saturated heterocycles. The van der Waals surface area contributed by atoms with Crippen molar-refractivity contribution in [1.29, 1.82) is 0 Å². The molecule has 1 atom stereocenters. The van der Waals surface area contributed by atoms with E-state index in [2.05, 4.69) is 20.8 Å². The van der Waals surface area contributed by atoms with Gasteiger partial charge in [0.25, 0.3) is 0 Å². The van der Waals surface area contributed by atoms with Gasteiger partial charge in [-0.1, -0.05) is 6.07 Å². The van der Waals surface area contributed by atoms with Gasteiger partial charge in [-0.2, -0.15) is 5.10 Å². The summed E-state index contributed by atoms with van der Waals surface area (Å²) in [6, 6.07) is 5.32. The molecule has 20 heavy (non-hydrogen) atoms. The van der Waals surface area contributed by atoms with E-state index >= 15 is 0 Å². The summed E-state index contributed by atoms with van der Waals surface area (Å²) in [6.07, 6.45) is 1.85. The number of thiophene rings is 1. The Morgan fingerprint density at radius 3 is 2.90 bits per heavy atom. The number of nitrogens with zero attached hydrogens (tertiary/aromatic N) is 1. The van der Waals surface area contributed by atoms with Crippen LogP contribution < -0.4 is 10.6 Å². The quantitative estimate of drug-likeness (QED) is 0.751. The van der Waals surface area contributed by atoms with Crippen LogP contribution in [0.5, 0.6) is 0 Å². The first-order valence-corrected chi connectivity index (χ1v) is 7.08. The molecular weight excluding hydrogens is 276 g/mol. The lowest BCUT2D eigenvalue weighted by Gasteiger charge is -2.16. The fourth-order valence-corrected chi connectivity index (χ4v) is 2.57. The molecule has 106 valence electrons. The molecule has 0 unspecified atom stereocenters. The van der Waals surface area contributed by atoms with Gasteiger partial charge in [-0.05, 0) is 17.5 Å². The van der Waals surface area contributed by atoms with Crippen LogP contribution in [-0.4, -0.2) is 22.0 Å². The highest BCUT2D eigenvalue weighted by Gasteiger charge is 2.17. The molecule has 0 radical (unpaired) electrons. The molecule has 2 heterocycles. The van der Waals surface area contributed by atoms with Crippen molar-refractivity contribution in [2.45, 2.75) is 25.9 Å². The molecule has 0 aliphatic rings. The fraction of sp³-hybridized carbons (Fsp3) is 0.308. The molecule has 0 fully saturated rings. The van der Waals surface area contributed by atoms with E-state index in [1.165, 1.54) is 18.3 Å². The predicted molar refractivity (Wildman–Crippen MR) is 75.9 cm³/mol. The van der Waals surface area contributed by atoms with Gasteiger partial charge in [-0.3, -0.25) is 14.7 Å². The average Bonchev–Trinajstić information content (AvgIpc) is 3.08. The number of nitrogens with one attached hydrogen (secondary N) is 3. The van der Waals surface area contributed by atoms with Gasteiger partial charge < -0.3 is 10.6 Å². The summed E-state index contributed by atoms with van der Waals surface area (Å²) in [5.41, 5.74) is 0.838. The number of amides is 2. The molecule has 2 rings (SSSR count). The SMILES string of the molecule is CC(=O)N[C@H](CC(=O)NCc1ccn[nH]1)c1cccs1. The Kier molecular flexibility index (Phi) is 4.89. The average molecular weight is 292 g/mol. The van der Waals surface area contributed by atoms with Gasteiger partial charge in [-0.15, -0.1) is 11.3 Å². The fourth-order valence-electron chi connectivity index (χ4n) is 1.79. The standard InChI is InChI=1S/C13H16N4O2S/c1-9(18)16-11(12-3-2-6-20-12)7-13(19)14-8-10-4-5-15-17-10/h2-6,11H,7-8H2,1H3,(H,14,19)(H,15,17)(H,16,18)/t11-/m1/s1. The van der Waals surface area contributed by atoms with E-state index in [-0.39, 0.29) is 24.3 Å². The van der Waals surface area contributed by atoms with Crippen LogP contribution in [0.15, 0.2) is 29.8 Å². The highest BCUT2D eigenvalue weighted by atomic mass is 32.1. The van der Waals surface area contributed by atoms with E-state index in [1.807, 2.05) is 17.5 Å². The summed E-state index contributed by atoms with van der Waals surface area (Å²) in [4.78, 5) is 24.1. The lowest BCUT2D eigenvalue weighted by atomic mass is 10.1. The Morgan fingerprint density at radius 2 is 2.30 bits per heavy atom. The lowest BCUT2D eigenvalue weighted by molar-refractivity contribution is -0.122. The molecule has 2 aromatic heterocycles.